The molecule has 1 saturated heterocycles. The maximum absolute atomic E-state index is 12.0. The third kappa shape index (κ3) is 3.52. The Kier molecular flexibility index (Phi) is 4.48. The Morgan fingerprint density at radius 3 is 2.84 bits per heavy atom. The van der Waals surface area contributed by atoms with Crippen LogP contribution in [0.4, 0.5) is 0 Å². The van der Waals surface area contributed by atoms with Crippen LogP contribution in [0.25, 0.3) is 0 Å². The molecule has 2 rings (SSSR count). The van der Waals surface area contributed by atoms with Gasteiger partial charge in [-0.05, 0) is 37.8 Å². The van der Waals surface area contributed by atoms with Crippen molar-refractivity contribution in [1.82, 2.24) is 10.3 Å². The highest BCUT2D eigenvalue weighted by Gasteiger charge is 2.22. The lowest BCUT2D eigenvalue weighted by Gasteiger charge is -2.28. The number of hydrogen-bond donors (Lipinski definition) is 1. The first kappa shape index (κ1) is 13.5. The highest BCUT2D eigenvalue weighted by molar-refractivity contribution is 5.92. The van der Waals surface area contributed by atoms with Crippen LogP contribution >= 0.6 is 0 Å². The Hall–Kier alpha value is -1.93. The molecule has 0 radical (unpaired) electrons. The lowest BCUT2D eigenvalue weighted by molar-refractivity contribution is 0.0537. The molecule has 5 heteroatoms. The molecule has 1 aromatic rings. The average Bonchev–Trinajstić information content (AvgIpc) is 2.48. The molecule has 1 fully saturated rings. The second kappa shape index (κ2) is 6.30. The molecule has 2 heterocycles. The third-order valence-corrected chi connectivity index (χ3v) is 3.46. The Balaban J connectivity index is 1.94. The fraction of sp³-hybridized carbons (Fsp3) is 0.500. The van der Waals surface area contributed by atoms with Crippen LogP contribution < -0.4 is 5.32 Å². The maximum atomic E-state index is 12.0. The van der Waals surface area contributed by atoms with Gasteiger partial charge in [-0.15, -0.1) is 0 Å². The maximum Gasteiger partial charge on any atom is 0.270 e. The summed E-state index contributed by atoms with van der Waals surface area (Å²) in [6.45, 7) is 3.54. The number of carbonyl (C=O) groups is 1. The van der Waals surface area contributed by atoms with Crippen molar-refractivity contribution in [3.63, 3.8) is 0 Å². The first-order chi connectivity index (χ1) is 9.20. The Labute approximate surface area is 112 Å². The van der Waals surface area contributed by atoms with E-state index in [9.17, 15) is 4.79 Å². The number of nitriles is 1. The van der Waals surface area contributed by atoms with Crippen LogP contribution in [0.3, 0.4) is 0 Å². The highest BCUT2D eigenvalue weighted by atomic mass is 16.5. The second-order valence-corrected chi connectivity index (χ2v) is 4.76. The molecule has 1 unspecified atom stereocenters. The van der Waals surface area contributed by atoms with Gasteiger partial charge < -0.3 is 10.1 Å². The van der Waals surface area contributed by atoms with Crippen molar-refractivity contribution in [2.75, 3.05) is 13.2 Å². The Morgan fingerprint density at radius 2 is 2.26 bits per heavy atom. The minimum atomic E-state index is -0.191. The van der Waals surface area contributed by atoms with Crippen LogP contribution in [0, 0.1) is 17.2 Å². The fourth-order valence-corrected chi connectivity index (χ4v) is 2.21. The number of nitrogens with one attached hydrogen (secondary N) is 1. The predicted molar refractivity (Wildman–Crippen MR) is 69.4 cm³/mol. The lowest BCUT2D eigenvalue weighted by atomic mass is 9.93. The summed E-state index contributed by atoms with van der Waals surface area (Å²) < 4.78 is 5.31. The molecule has 0 spiro atoms. The van der Waals surface area contributed by atoms with E-state index in [1.165, 1.54) is 6.20 Å². The molecule has 1 amide bonds. The van der Waals surface area contributed by atoms with E-state index in [0.29, 0.717) is 17.2 Å². The summed E-state index contributed by atoms with van der Waals surface area (Å²) in [7, 11) is 0. The standard InChI is InChI=1S/C14H17N3O2/c1-10(12-4-6-19-7-5-12)17-14(18)13-3-2-11(8-15)9-16-13/h2-3,9-10,12H,4-7H2,1H3,(H,17,18). The number of rotatable bonds is 3. The molecule has 1 atom stereocenters. The molecule has 19 heavy (non-hydrogen) atoms. The van der Waals surface area contributed by atoms with E-state index in [2.05, 4.69) is 10.3 Å². The molecule has 1 N–H and O–H groups in total. The first-order valence-corrected chi connectivity index (χ1v) is 6.45. The zero-order chi connectivity index (χ0) is 13.7. The summed E-state index contributed by atoms with van der Waals surface area (Å²) >= 11 is 0. The number of pyridine rings is 1. The Morgan fingerprint density at radius 1 is 1.53 bits per heavy atom. The van der Waals surface area contributed by atoms with Crippen LogP contribution in [-0.2, 0) is 4.74 Å². The van der Waals surface area contributed by atoms with E-state index in [1.54, 1.807) is 12.1 Å². The van der Waals surface area contributed by atoms with Crippen molar-refractivity contribution in [3.05, 3.63) is 29.6 Å². The molecule has 0 aliphatic carbocycles. The minimum absolute atomic E-state index is 0.105. The Bertz CT molecular complexity index is 472. The largest absolute Gasteiger partial charge is 0.381 e. The van der Waals surface area contributed by atoms with Crippen molar-refractivity contribution in [1.29, 1.82) is 5.26 Å². The van der Waals surface area contributed by atoms with E-state index >= 15 is 0 Å². The van der Waals surface area contributed by atoms with Crippen LogP contribution in [-0.4, -0.2) is 30.1 Å². The molecule has 1 aliphatic rings. The van der Waals surface area contributed by atoms with Gasteiger partial charge in [-0.2, -0.15) is 5.26 Å². The topological polar surface area (TPSA) is 75.0 Å². The van der Waals surface area contributed by atoms with Gasteiger partial charge in [0.15, 0.2) is 0 Å². The van der Waals surface area contributed by atoms with Gasteiger partial charge in [0.05, 0.1) is 5.56 Å². The van der Waals surface area contributed by atoms with Gasteiger partial charge in [-0.3, -0.25) is 4.79 Å². The smallest absolute Gasteiger partial charge is 0.270 e. The van der Waals surface area contributed by atoms with Gasteiger partial charge in [0.1, 0.15) is 11.8 Å². The van der Waals surface area contributed by atoms with E-state index < -0.39 is 0 Å². The van der Waals surface area contributed by atoms with Crippen molar-refractivity contribution in [2.45, 2.75) is 25.8 Å². The van der Waals surface area contributed by atoms with Gasteiger partial charge in [0.25, 0.3) is 5.91 Å². The summed E-state index contributed by atoms with van der Waals surface area (Å²) in [5.74, 6) is 0.263. The van der Waals surface area contributed by atoms with Crippen molar-refractivity contribution in [2.24, 2.45) is 5.92 Å². The third-order valence-electron chi connectivity index (χ3n) is 3.46. The van der Waals surface area contributed by atoms with E-state index in [-0.39, 0.29) is 11.9 Å². The molecule has 0 aromatic carbocycles. The molecule has 1 aliphatic heterocycles. The normalized spacial score (nSPS) is 17.5. The number of amides is 1. The number of ether oxygens (including phenoxy) is 1. The van der Waals surface area contributed by atoms with Gasteiger partial charge >= 0.3 is 0 Å². The van der Waals surface area contributed by atoms with Crippen molar-refractivity contribution < 1.29 is 9.53 Å². The quantitative estimate of drug-likeness (QED) is 0.892. The van der Waals surface area contributed by atoms with E-state index in [1.807, 2.05) is 13.0 Å². The van der Waals surface area contributed by atoms with Crippen molar-refractivity contribution in [3.8, 4) is 6.07 Å². The fourth-order valence-electron chi connectivity index (χ4n) is 2.21. The summed E-state index contributed by atoms with van der Waals surface area (Å²) in [6, 6.07) is 5.26. The summed E-state index contributed by atoms with van der Waals surface area (Å²) in [6.07, 6.45) is 3.36. The summed E-state index contributed by atoms with van der Waals surface area (Å²) in [5, 5.41) is 11.6. The monoisotopic (exact) mass is 259 g/mol. The van der Waals surface area contributed by atoms with Crippen LogP contribution in [0.2, 0.25) is 0 Å². The zero-order valence-corrected chi connectivity index (χ0v) is 10.9. The number of aromatic nitrogens is 1. The molecule has 0 saturated carbocycles. The highest BCUT2D eigenvalue weighted by Crippen LogP contribution is 2.18. The van der Waals surface area contributed by atoms with Crippen LogP contribution in [0.1, 0.15) is 35.8 Å². The number of hydrogen-bond acceptors (Lipinski definition) is 4. The zero-order valence-electron chi connectivity index (χ0n) is 10.9. The average molecular weight is 259 g/mol. The van der Waals surface area contributed by atoms with Crippen LogP contribution in [0.15, 0.2) is 18.3 Å². The number of nitrogens with zero attached hydrogens (tertiary/aromatic N) is 2. The van der Waals surface area contributed by atoms with Gasteiger partial charge in [0, 0.05) is 25.5 Å². The molecule has 100 valence electrons. The minimum Gasteiger partial charge on any atom is -0.381 e. The molecule has 5 nitrogen and oxygen atoms in total. The molecular weight excluding hydrogens is 242 g/mol. The second-order valence-electron chi connectivity index (χ2n) is 4.76. The van der Waals surface area contributed by atoms with Gasteiger partial charge in [-0.25, -0.2) is 4.98 Å². The van der Waals surface area contributed by atoms with E-state index in [4.69, 9.17) is 10.00 Å². The molecule has 1 aromatic heterocycles. The summed E-state index contributed by atoms with van der Waals surface area (Å²) in [4.78, 5) is 16.0. The predicted octanol–water partition coefficient (Wildman–Crippen LogP) is 1.50. The van der Waals surface area contributed by atoms with Crippen molar-refractivity contribution >= 4 is 5.91 Å². The van der Waals surface area contributed by atoms with Gasteiger partial charge in [0.2, 0.25) is 0 Å². The number of carbonyl (C=O) groups excluding carboxylic acids is 1. The molecule has 0 bridgehead atoms. The van der Waals surface area contributed by atoms with E-state index in [0.717, 1.165) is 26.1 Å². The van der Waals surface area contributed by atoms with Crippen LogP contribution in [0.5, 0.6) is 0 Å². The lowest BCUT2D eigenvalue weighted by Crippen LogP contribution is -2.40. The summed E-state index contributed by atoms with van der Waals surface area (Å²) in [5.41, 5.74) is 0.798. The SMILES string of the molecule is CC(NC(=O)c1ccc(C#N)cn1)C1CCOCC1. The molecular formula is C14H17N3O2. The van der Waals surface area contributed by atoms with Gasteiger partial charge in [-0.1, -0.05) is 0 Å². The first-order valence-electron chi connectivity index (χ1n) is 6.45.